The molecule has 0 aliphatic carbocycles. The molecule has 1 fully saturated rings. The van der Waals surface area contributed by atoms with Gasteiger partial charge in [-0.15, -0.1) is 0 Å². The lowest BCUT2D eigenvalue weighted by atomic mass is 9.72. The van der Waals surface area contributed by atoms with Gasteiger partial charge in [-0.1, -0.05) is 51.1 Å². The number of rotatable bonds is 3. The fourth-order valence-corrected chi connectivity index (χ4v) is 3.05. The highest BCUT2D eigenvalue weighted by molar-refractivity contribution is 5.81. The van der Waals surface area contributed by atoms with Crippen LogP contribution in [0.2, 0.25) is 0 Å². The van der Waals surface area contributed by atoms with Gasteiger partial charge in [0.2, 0.25) is 0 Å². The fraction of sp³-hybridized carbons (Fsp3) is 0.579. The molecule has 0 aromatic heterocycles. The molecule has 1 aromatic carbocycles. The molecule has 0 spiro atoms. The Labute approximate surface area is 148 Å². The van der Waals surface area contributed by atoms with Gasteiger partial charge in [0.05, 0.1) is 13.7 Å². The van der Waals surface area contributed by atoms with Crippen molar-refractivity contribution in [1.82, 2.24) is 4.90 Å². The number of methoxy groups -OCH3 is 1. The molecule has 0 unspecified atom stereocenters. The van der Waals surface area contributed by atoms with Crippen LogP contribution in [0.25, 0.3) is 0 Å². The number of hydrogen-bond donors (Lipinski definition) is 1. The topological polar surface area (TPSA) is 76.1 Å². The van der Waals surface area contributed by atoms with E-state index >= 15 is 0 Å². The lowest BCUT2D eigenvalue weighted by Crippen LogP contribution is -2.59. The summed E-state index contributed by atoms with van der Waals surface area (Å²) in [7, 11) is 1.24. The first kappa shape index (κ1) is 19.2. The second-order valence-electron chi connectivity index (χ2n) is 7.71. The molecular formula is C19H27NO5. The van der Waals surface area contributed by atoms with Gasteiger partial charge in [-0.05, 0) is 23.3 Å². The van der Waals surface area contributed by atoms with Crippen LogP contribution < -0.4 is 0 Å². The normalized spacial score (nSPS) is 23.9. The number of esters is 1. The molecule has 1 heterocycles. The first-order valence-corrected chi connectivity index (χ1v) is 8.42. The number of nitrogens with zero attached hydrogens (tertiary/aromatic N) is 1. The molecule has 6 heteroatoms. The molecule has 0 bridgehead atoms. The van der Waals surface area contributed by atoms with Crippen LogP contribution in [0, 0.1) is 11.3 Å². The van der Waals surface area contributed by atoms with E-state index < -0.39 is 17.7 Å². The Morgan fingerprint density at radius 3 is 2.48 bits per heavy atom. The smallest absolute Gasteiger partial charge is 0.410 e. The van der Waals surface area contributed by atoms with Gasteiger partial charge in [-0.25, -0.2) is 9.59 Å². The van der Waals surface area contributed by atoms with Crippen molar-refractivity contribution < 1.29 is 24.2 Å². The molecule has 2 atom stereocenters. The first-order chi connectivity index (χ1) is 11.7. The zero-order valence-corrected chi connectivity index (χ0v) is 15.3. The Kier molecular flexibility index (Phi) is 5.72. The third-order valence-electron chi connectivity index (χ3n) is 4.73. The molecule has 0 radical (unpaired) electrons. The van der Waals surface area contributed by atoms with Crippen molar-refractivity contribution >= 4 is 12.1 Å². The number of benzene rings is 1. The molecule has 1 saturated heterocycles. The average molecular weight is 349 g/mol. The van der Waals surface area contributed by atoms with E-state index in [0.717, 1.165) is 5.56 Å². The number of likely N-dealkylation sites (tertiary alicyclic amines) is 1. The van der Waals surface area contributed by atoms with Crippen LogP contribution >= 0.6 is 0 Å². The number of piperidine rings is 1. The number of amides is 1. The van der Waals surface area contributed by atoms with Gasteiger partial charge in [0.25, 0.3) is 0 Å². The second kappa shape index (κ2) is 7.44. The van der Waals surface area contributed by atoms with Crippen molar-refractivity contribution in [1.29, 1.82) is 0 Å². The minimum absolute atomic E-state index is 0.0605. The molecule has 138 valence electrons. The Morgan fingerprint density at radius 1 is 1.28 bits per heavy atom. The molecule has 2 rings (SSSR count). The summed E-state index contributed by atoms with van der Waals surface area (Å²) in [5.74, 6) is -0.781. The number of β-amino-alcohol motifs (C(OH)–C–C–N with tert-alkyl or cyclic N) is 1. The predicted molar refractivity (Wildman–Crippen MR) is 92.7 cm³/mol. The molecule has 6 nitrogen and oxygen atoms in total. The molecule has 1 aromatic rings. The summed E-state index contributed by atoms with van der Waals surface area (Å²) in [5, 5.41) is 10.8. The van der Waals surface area contributed by atoms with E-state index in [2.05, 4.69) is 0 Å². The maximum absolute atomic E-state index is 12.5. The second-order valence-corrected chi connectivity index (χ2v) is 7.71. The number of carbonyl (C=O) groups is 2. The van der Waals surface area contributed by atoms with Crippen LogP contribution in [0.1, 0.15) is 32.8 Å². The van der Waals surface area contributed by atoms with E-state index in [1.165, 1.54) is 12.0 Å². The molecule has 1 aliphatic rings. The third-order valence-corrected chi connectivity index (χ3v) is 4.73. The van der Waals surface area contributed by atoms with Crippen LogP contribution in [0.15, 0.2) is 30.3 Å². The van der Waals surface area contributed by atoms with E-state index in [-0.39, 0.29) is 30.9 Å². The van der Waals surface area contributed by atoms with Crippen LogP contribution in [0.4, 0.5) is 4.79 Å². The number of hydrogen-bond acceptors (Lipinski definition) is 5. The lowest BCUT2D eigenvalue weighted by Gasteiger charge is -2.45. The summed E-state index contributed by atoms with van der Waals surface area (Å²) in [6, 6.07) is 9.37. The molecule has 1 amide bonds. The van der Waals surface area contributed by atoms with Gasteiger partial charge in [0.15, 0.2) is 5.60 Å². The summed E-state index contributed by atoms with van der Waals surface area (Å²) in [6.07, 6.45) is -0.286. The van der Waals surface area contributed by atoms with E-state index in [9.17, 15) is 14.7 Å². The maximum atomic E-state index is 12.5. The highest BCUT2D eigenvalue weighted by Gasteiger charge is 2.49. The molecule has 1 aliphatic heterocycles. The SMILES string of the molecule is COC(=O)[C@]1(O)C[C@@H](C(C)(C)C)CN(C(=O)OCc2ccccc2)C1. The monoisotopic (exact) mass is 349 g/mol. The van der Waals surface area contributed by atoms with Crippen molar-refractivity contribution in [2.45, 2.75) is 39.4 Å². The van der Waals surface area contributed by atoms with Crippen molar-refractivity contribution in [2.24, 2.45) is 11.3 Å². The summed E-state index contributed by atoms with van der Waals surface area (Å²) in [5.41, 5.74) is -1.01. The van der Waals surface area contributed by atoms with E-state index in [0.29, 0.717) is 6.54 Å². The predicted octanol–water partition coefficient (Wildman–Crippen LogP) is 2.60. The highest BCUT2D eigenvalue weighted by Crippen LogP contribution is 2.38. The first-order valence-electron chi connectivity index (χ1n) is 8.42. The van der Waals surface area contributed by atoms with Gasteiger partial charge >= 0.3 is 12.1 Å². The molecule has 25 heavy (non-hydrogen) atoms. The zero-order chi connectivity index (χ0) is 18.7. The Hall–Kier alpha value is -2.08. The van der Waals surface area contributed by atoms with Crippen molar-refractivity contribution in [2.75, 3.05) is 20.2 Å². The summed E-state index contributed by atoms with van der Waals surface area (Å²) in [6.45, 7) is 6.51. The van der Waals surface area contributed by atoms with Crippen LogP contribution in [-0.2, 0) is 20.9 Å². The summed E-state index contributed by atoms with van der Waals surface area (Å²) in [4.78, 5) is 25.9. The van der Waals surface area contributed by atoms with E-state index in [1.807, 2.05) is 51.1 Å². The largest absolute Gasteiger partial charge is 0.467 e. The number of carbonyl (C=O) groups excluding carboxylic acids is 2. The lowest BCUT2D eigenvalue weighted by molar-refractivity contribution is -0.172. The summed E-state index contributed by atoms with van der Waals surface area (Å²) < 4.78 is 10.1. The molecule has 1 N–H and O–H groups in total. The van der Waals surface area contributed by atoms with Crippen LogP contribution in [-0.4, -0.2) is 47.9 Å². The van der Waals surface area contributed by atoms with Gasteiger partial charge in [-0.3, -0.25) is 0 Å². The highest BCUT2D eigenvalue weighted by atomic mass is 16.6. The number of aliphatic hydroxyl groups is 1. The fourth-order valence-electron chi connectivity index (χ4n) is 3.05. The van der Waals surface area contributed by atoms with Gasteiger partial charge in [-0.2, -0.15) is 0 Å². The average Bonchev–Trinajstić information content (AvgIpc) is 2.58. The van der Waals surface area contributed by atoms with Gasteiger partial charge in [0.1, 0.15) is 6.61 Å². The van der Waals surface area contributed by atoms with Gasteiger partial charge < -0.3 is 19.5 Å². The third kappa shape index (κ3) is 4.72. The van der Waals surface area contributed by atoms with E-state index in [4.69, 9.17) is 9.47 Å². The van der Waals surface area contributed by atoms with Crippen LogP contribution in [0.3, 0.4) is 0 Å². The van der Waals surface area contributed by atoms with Gasteiger partial charge in [0, 0.05) is 6.54 Å². The van der Waals surface area contributed by atoms with Crippen LogP contribution in [0.5, 0.6) is 0 Å². The Bertz CT molecular complexity index is 610. The Morgan fingerprint density at radius 2 is 1.92 bits per heavy atom. The maximum Gasteiger partial charge on any atom is 0.410 e. The molecular weight excluding hydrogens is 322 g/mol. The summed E-state index contributed by atoms with van der Waals surface area (Å²) >= 11 is 0. The standard InChI is InChI=1S/C19H27NO5/c1-18(2,3)15-10-19(23,16(21)24-4)13-20(11-15)17(22)25-12-14-8-6-5-7-9-14/h5-9,15,23H,10-13H2,1-4H3/t15-,19+/m1/s1. The van der Waals surface area contributed by atoms with Crippen molar-refractivity contribution in [3.63, 3.8) is 0 Å². The van der Waals surface area contributed by atoms with E-state index in [1.54, 1.807) is 0 Å². The zero-order valence-electron chi connectivity index (χ0n) is 15.3. The Balaban J connectivity index is 2.11. The number of ether oxygens (including phenoxy) is 2. The minimum Gasteiger partial charge on any atom is -0.467 e. The van der Waals surface area contributed by atoms with Crippen molar-refractivity contribution in [3.8, 4) is 0 Å². The minimum atomic E-state index is -1.71. The molecule has 0 saturated carbocycles. The van der Waals surface area contributed by atoms with Crippen molar-refractivity contribution in [3.05, 3.63) is 35.9 Å². The quantitative estimate of drug-likeness (QED) is 0.849.